The van der Waals surface area contributed by atoms with Crippen LogP contribution in [0.15, 0.2) is 54.7 Å². The molecule has 0 aliphatic heterocycles. The van der Waals surface area contributed by atoms with Crippen LogP contribution < -0.4 is 4.74 Å². The fourth-order valence-electron chi connectivity index (χ4n) is 2.85. The van der Waals surface area contributed by atoms with Gasteiger partial charge in [-0.2, -0.15) is 0 Å². The second-order valence-electron chi connectivity index (χ2n) is 6.00. The molecule has 0 amide bonds. The van der Waals surface area contributed by atoms with Gasteiger partial charge in [0.2, 0.25) is 5.88 Å². The highest BCUT2D eigenvalue weighted by molar-refractivity contribution is 5.89. The normalized spacial score (nSPS) is 10.8. The van der Waals surface area contributed by atoms with Crippen LogP contribution in [0.4, 0.5) is 8.78 Å². The summed E-state index contributed by atoms with van der Waals surface area (Å²) in [7, 11) is 1.42. The van der Waals surface area contributed by atoms with E-state index < -0.39 is 11.6 Å². The van der Waals surface area contributed by atoms with Gasteiger partial charge in [-0.1, -0.05) is 0 Å². The van der Waals surface area contributed by atoms with Crippen molar-refractivity contribution in [1.29, 1.82) is 0 Å². The van der Waals surface area contributed by atoms with Gasteiger partial charge in [0.05, 0.1) is 30.0 Å². The Labute approximate surface area is 158 Å². The van der Waals surface area contributed by atoms with Crippen molar-refractivity contribution in [3.05, 3.63) is 71.9 Å². The van der Waals surface area contributed by atoms with Gasteiger partial charge in [0, 0.05) is 22.8 Å². The number of ether oxygens (including phenoxy) is 1. The van der Waals surface area contributed by atoms with E-state index >= 15 is 0 Å². The maximum absolute atomic E-state index is 14.6. The maximum Gasteiger partial charge on any atom is 0.213 e. The summed E-state index contributed by atoms with van der Waals surface area (Å²) < 4.78 is 33.1. The molecule has 0 aliphatic rings. The lowest BCUT2D eigenvalue weighted by Crippen LogP contribution is -1.99. The topological polar surface area (TPSA) is 65.0 Å². The van der Waals surface area contributed by atoms with E-state index in [4.69, 9.17) is 4.74 Å². The Morgan fingerprint density at radius 2 is 1.68 bits per heavy atom. The van der Waals surface area contributed by atoms with Crippen LogP contribution in [0.3, 0.4) is 0 Å². The zero-order valence-corrected chi connectivity index (χ0v) is 14.7. The molecule has 0 N–H and O–H groups in total. The summed E-state index contributed by atoms with van der Waals surface area (Å²) in [5.74, 6) is -0.791. The number of hydrogen-bond acceptors (Lipinski definition) is 5. The smallest absolute Gasteiger partial charge is 0.213 e. The van der Waals surface area contributed by atoms with Crippen molar-refractivity contribution in [2.45, 2.75) is 0 Å². The van der Waals surface area contributed by atoms with Crippen molar-refractivity contribution >= 4 is 17.3 Å². The Morgan fingerprint density at radius 1 is 0.929 bits per heavy atom. The minimum atomic E-state index is -0.607. The Balaban J connectivity index is 2.04. The highest BCUT2D eigenvalue weighted by Gasteiger charge is 2.18. The number of hydrogen-bond donors (Lipinski definition) is 0. The van der Waals surface area contributed by atoms with Gasteiger partial charge in [-0.25, -0.2) is 23.7 Å². The molecule has 0 fully saturated rings. The van der Waals surface area contributed by atoms with Crippen molar-refractivity contribution in [2.75, 3.05) is 7.11 Å². The molecule has 7 heteroatoms. The van der Waals surface area contributed by atoms with E-state index in [1.807, 2.05) is 0 Å². The van der Waals surface area contributed by atoms with E-state index in [0.29, 0.717) is 34.1 Å². The Bertz CT molecular complexity index is 1190. The summed E-state index contributed by atoms with van der Waals surface area (Å²) in [5, 5.41) is 0. The van der Waals surface area contributed by atoms with Crippen molar-refractivity contribution in [3.63, 3.8) is 0 Å². The quantitative estimate of drug-likeness (QED) is 0.492. The lowest BCUT2D eigenvalue weighted by Gasteiger charge is -2.12. The van der Waals surface area contributed by atoms with Crippen molar-refractivity contribution < 1.29 is 18.3 Å². The molecule has 138 valence electrons. The average Bonchev–Trinajstić information content (AvgIpc) is 2.73. The van der Waals surface area contributed by atoms with Crippen molar-refractivity contribution in [1.82, 2.24) is 15.0 Å². The molecule has 0 bridgehead atoms. The predicted octanol–water partition coefficient (Wildman–Crippen LogP) is 4.46. The standard InChI is InChI=1S/C21H13F2N3O2/c1-28-19-9-15(16(23)10-24-19)21-20(13-3-5-14(22)6-4-13)25-17-7-2-12(11-27)8-18(17)26-21/h2-11H,1H3. The first-order chi connectivity index (χ1) is 13.6. The van der Waals surface area contributed by atoms with Crippen LogP contribution >= 0.6 is 0 Å². The number of methoxy groups -OCH3 is 1. The van der Waals surface area contributed by atoms with E-state index in [0.717, 1.165) is 6.20 Å². The Hall–Kier alpha value is -3.74. The van der Waals surface area contributed by atoms with Gasteiger partial charge in [-0.15, -0.1) is 0 Å². The number of carbonyl (C=O) groups excluding carboxylic acids is 1. The fraction of sp³-hybridized carbons (Fsp3) is 0.0476. The van der Waals surface area contributed by atoms with Crippen LogP contribution in [0.2, 0.25) is 0 Å². The summed E-state index contributed by atoms with van der Waals surface area (Å²) in [6, 6.07) is 12.0. The maximum atomic E-state index is 14.6. The zero-order chi connectivity index (χ0) is 19.7. The summed E-state index contributed by atoms with van der Waals surface area (Å²) >= 11 is 0. The molecular weight excluding hydrogens is 364 g/mol. The lowest BCUT2D eigenvalue weighted by molar-refractivity contribution is 0.112. The van der Waals surface area contributed by atoms with Gasteiger partial charge >= 0.3 is 0 Å². The summed E-state index contributed by atoms with van der Waals surface area (Å²) in [5.41, 5.74) is 2.70. The summed E-state index contributed by atoms with van der Waals surface area (Å²) in [6.07, 6.45) is 1.74. The monoisotopic (exact) mass is 377 g/mol. The highest BCUT2D eigenvalue weighted by Crippen LogP contribution is 2.33. The molecule has 0 spiro atoms. The molecule has 0 atom stereocenters. The molecule has 0 radical (unpaired) electrons. The Morgan fingerprint density at radius 3 is 2.39 bits per heavy atom. The minimum absolute atomic E-state index is 0.136. The number of fused-ring (bicyclic) bond motifs is 1. The molecule has 4 rings (SSSR count). The van der Waals surface area contributed by atoms with Crippen LogP contribution in [-0.2, 0) is 0 Å². The van der Waals surface area contributed by atoms with Gasteiger partial charge in [0.15, 0.2) is 5.82 Å². The number of aldehydes is 1. The van der Waals surface area contributed by atoms with Crippen LogP contribution in [0.25, 0.3) is 33.5 Å². The molecule has 0 aliphatic carbocycles. The van der Waals surface area contributed by atoms with E-state index in [1.165, 1.54) is 25.3 Å². The molecular formula is C21H13F2N3O2. The van der Waals surface area contributed by atoms with Crippen LogP contribution in [-0.4, -0.2) is 28.3 Å². The molecule has 5 nitrogen and oxygen atoms in total. The van der Waals surface area contributed by atoms with Gasteiger partial charge in [0.25, 0.3) is 0 Å². The number of nitrogens with zero attached hydrogens (tertiary/aromatic N) is 3. The molecule has 2 heterocycles. The van der Waals surface area contributed by atoms with E-state index in [2.05, 4.69) is 15.0 Å². The molecule has 0 saturated carbocycles. The van der Waals surface area contributed by atoms with Crippen molar-refractivity contribution in [3.8, 4) is 28.4 Å². The second-order valence-corrected chi connectivity index (χ2v) is 6.00. The van der Waals surface area contributed by atoms with Gasteiger partial charge < -0.3 is 4.74 Å². The average molecular weight is 377 g/mol. The first-order valence-corrected chi connectivity index (χ1v) is 8.32. The number of halogens is 2. The molecule has 0 unspecified atom stereocenters. The third-order valence-electron chi connectivity index (χ3n) is 4.24. The van der Waals surface area contributed by atoms with Gasteiger partial charge in [0.1, 0.15) is 17.8 Å². The van der Waals surface area contributed by atoms with Gasteiger partial charge in [-0.3, -0.25) is 4.79 Å². The fourth-order valence-corrected chi connectivity index (χ4v) is 2.85. The first-order valence-electron chi connectivity index (χ1n) is 8.32. The van der Waals surface area contributed by atoms with Crippen molar-refractivity contribution in [2.24, 2.45) is 0 Å². The lowest BCUT2D eigenvalue weighted by atomic mass is 10.0. The molecule has 28 heavy (non-hydrogen) atoms. The molecule has 0 saturated heterocycles. The SMILES string of the molecule is COc1cc(-c2nc3cc(C=O)ccc3nc2-c2ccc(F)cc2)c(F)cn1. The third kappa shape index (κ3) is 3.18. The van der Waals surface area contributed by atoms with Crippen LogP contribution in [0.1, 0.15) is 10.4 Å². The van der Waals surface area contributed by atoms with Crippen LogP contribution in [0.5, 0.6) is 5.88 Å². The zero-order valence-electron chi connectivity index (χ0n) is 14.7. The predicted molar refractivity (Wildman–Crippen MR) is 100 cm³/mol. The van der Waals surface area contributed by atoms with E-state index in [9.17, 15) is 13.6 Å². The third-order valence-corrected chi connectivity index (χ3v) is 4.24. The summed E-state index contributed by atoms with van der Waals surface area (Å²) in [6.45, 7) is 0. The van der Waals surface area contributed by atoms with E-state index in [-0.39, 0.29) is 17.1 Å². The largest absolute Gasteiger partial charge is 0.481 e. The number of benzene rings is 2. The minimum Gasteiger partial charge on any atom is -0.481 e. The number of pyridine rings is 1. The molecule has 2 aromatic heterocycles. The first kappa shape index (κ1) is 17.7. The highest BCUT2D eigenvalue weighted by atomic mass is 19.1. The second kappa shape index (κ2) is 7.11. The molecule has 4 aromatic rings. The van der Waals surface area contributed by atoms with Crippen LogP contribution in [0, 0.1) is 11.6 Å². The Kier molecular flexibility index (Phi) is 4.49. The number of rotatable bonds is 4. The number of carbonyl (C=O) groups is 1. The van der Waals surface area contributed by atoms with E-state index in [1.54, 1.807) is 30.3 Å². The number of aromatic nitrogens is 3. The summed E-state index contributed by atoms with van der Waals surface area (Å²) in [4.78, 5) is 24.1. The molecule has 2 aromatic carbocycles. The van der Waals surface area contributed by atoms with Gasteiger partial charge in [-0.05, 0) is 42.5 Å².